The third-order valence-electron chi connectivity index (χ3n) is 1.83. The number of rotatable bonds is 6. The monoisotopic (exact) mass is 187 g/mol. The van der Waals surface area contributed by atoms with Crippen LogP contribution < -0.4 is 0 Å². The molecule has 0 N–H and O–H groups in total. The Balaban J connectivity index is 3.76. The minimum atomic E-state index is 0.134. The van der Waals surface area contributed by atoms with Crippen molar-refractivity contribution in [3.63, 3.8) is 0 Å². The molecule has 70 valence electrons. The van der Waals surface area contributed by atoms with Crippen LogP contribution in [0.3, 0.4) is 0 Å². The quantitative estimate of drug-likeness (QED) is 0.343. The summed E-state index contributed by atoms with van der Waals surface area (Å²) in [4.78, 5) is 13.7. The average Bonchev–Trinajstić information content (AvgIpc) is 2.04. The maximum Gasteiger partial charge on any atom is 0.235 e. The number of hydrogen-bond donors (Lipinski definition) is 0. The first-order valence-corrected chi connectivity index (χ1v) is 5.12. The van der Waals surface area contributed by atoms with Crippen LogP contribution in [0, 0.1) is 5.92 Å². The molecule has 0 aliphatic rings. The van der Waals surface area contributed by atoms with Gasteiger partial charge in [0.1, 0.15) is 10.5 Å². The van der Waals surface area contributed by atoms with E-state index >= 15 is 0 Å². The molecule has 12 heavy (non-hydrogen) atoms. The second-order valence-corrected chi connectivity index (χ2v) is 3.66. The van der Waals surface area contributed by atoms with Crippen molar-refractivity contribution < 1.29 is 9.22 Å². The topological polar surface area (TPSA) is 38.7 Å². The first kappa shape index (κ1) is 11.6. The Bertz CT molecular complexity index is 157. The standard InChI is InChI=1S/C8H17NO2Si/c1-3-8(9-6-10)4-7(2)5-11-12/h7-8H,3-5H2,1-2,12H3. The second kappa shape index (κ2) is 7.22. The molecule has 0 radical (unpaired) electrons. The van der Waals surface area contributed by atoms with Gasteiger partial charge >= 0.3 is 0 Å². The lowest BCUT2D eigenvalue weighted by molar-refractivity contribution is 0.263. The van der Waals surface area contributed by atoms with Crippen molar-refractivity contribution in [2.24, 2.45) is 10.9 Å². The largest absolute Gasteiger partial charge is 0.428 e. The molecule has 0 aliphatic heterocycles. The van der Waals surface area contributed by atoms with E-state index in [2.05, 4.69) is 11.9 Å². The van der Waals surface area contributed by atoms with E-state index in [9.17, 15) is 4.79 Å². The molecular formula is C8H17NO2Si. The minimum Gasteiger partial charge on any atom is -0.428 e. The van der Waals surface area contributed by atoms with Crippen LogP contribution in [-0.2, 0) is 9.22 Å². The van der Waals surface area contributed by atoms with Gasteiger partial charge in [-0.15, -0.1) is 0 Å². The van der Waals surface area contributed by atoms with Gasteiger partial charge in [0.15, 0.2) is 0 Å². The van der Waals surface area contributed by atoms with Gasteiger partial charge in [0.05, 0.1) is 6.04 Å². The first-order valence-electron chi connectivity index (χ1n) is 4.30. The molecule has 2 atom stereocenters. The fraction of sp³-hybridized carbons (Fsp3) is 0.875. The molecule has 2 unspecified atom stereocenters. The summed E-state index contributed by atoms with van der Waals surface area (Å²) in [6, 6.07) is 0.134. The summed E-state index contributed by atoms with van der Waals surface area (Å²) in [7, 11) is 0.783. The van der Waals surface area contributed by atoms with E-state index in [1.54, 1.807) is 6.08 Å². The second-order valence-electron chi connectivity index (χ2n) is 3.08. The van der Waals surface area contributed by atoms with E-state index in [1.807, 2.05) is 6.92 Å². The Morgan fingerprint density at radius 2 is 2.33 bits per heavy atom. The van der Waals surface area contributed by atoms with Gasteiger partial charge in [-0.2, -0.15) is 0 Å². The number of nitrogens with zero attached hydrogens (tertiary/aromatic N) is 1. The Hall–Kier alpha value is -0.443. The molecular weight excluding hydrogens is 170 g/mol. The van der Waals surface area contributed by atoms with Crippen molar-refractivity contribution in [1.82, 2.24) is 0 Å². The summed E-state index contributed by atoms with van der Waals surface area (Å²) in [5.74, 6) is 0.490. The summed E-state index contributed by atoms with van der Waals surface area (Å²) in [5, 5.41) is 0. The molecule has 0 amide bonds. The highest BCUT2D eigenvalue weighted by Gasteiger charge is 2.09. The van der Waals surface area contributed by atoms with Crippen LogP contribution >= 0.6 is 0 Å². The highest BCUT2D eigenvalue weighted by atomic mass is 28.2. The number of carbonyl (C=O) groups excluding carboxylic acids is 1. The molecule has 0 aromatic rings. The van der Waals surface area contributed by atoms with E-state index in [0.29, 0.717) is 5.92 Å². The maximum absolute atomic E-state index is 10.00. The molecule has 0 aliphatic carbocycles. The zero-order valence-corrected chi connectivity index (χ0v) is 10.0. The predicted molar refractivity (Wildman–Crippen MR) is 51.9 cm³/mol. The Morgan fingerprint density at radius 1 is 1.67 bits per heavy atom. The molecule has 0 rings (SSSR count). The van der Waals surface area contributed by atoms with Gasteiger partial charge in [-0.3, -0.25) is 0 Å². The molecule has 0 fully saturated rings. The SMILES string of the molecule is CCC(CC(C)CO[SiH3])N=C=O. The molecule has 0 aromatic carbocycles. The van der Waals surface area contributed by atoms with Gasteiger partial charge < -0.3 is 4.43 Å². The fourth-order valence-electron chi connectivity index (χ4n) is 1.20. The van der Waals surface area contributed by atoms with Crippen molar-refractivity contribution in [1.29, 1.82) is 0 Å². The minimum absolute atomic E-state index is 0.134. The van der Waals surface area contributed by atoms with Crippen molar-refractivity contribution in [3.05, 3.63) is 0 Å². The average molecular weight is 187 g/mol. The van der Waals surface area contributed by atoms with Crippen LogP contribution in [0.25, 0.3) is 0 Å². The van der Waals surface area contributed by atoms with Crippen LogP contribution in [0.1, 0.15) is 26.7 Å². The van der Waals surface area contributed by atoms with E-state index in [1.165, 1.54) is 0 Å². The number of hydrogen-bond acceptors (Lipinski definition) is 3. The predicted octanol–water partition coefficient (Wildman–Crippen LogP) is 0.424. The highest BCUT2D eigenvalue weighted by Crippen LogP contribution is 2.11. The molecule has 0 aromatic heterocycles. The van der Waals surface area contributed by atoms with Crippen molar-refractivity contribution in [2.75, 3.05) is 6.61 Å². The summed E-state index contributed by atoms with van der Waals surface area (Å²) >= 11 is 0. The molecule has 0 heterocycles. The van der Waals surface area contributed by atoms with Crippen molar-refractivity contribution in [3.8, 4) is 0 Å². The highest BCUT2D eigenvalue weighted by molar-refractivity contribution is 5.97. The van der Waals surface area contributed by atoms with Crippen LogP contribution in [0.4, 0.5) is 0 Å². The third kappa shape index (κ3) is 5.24. The zero-order valence-electron chi connectivity index (χ0n) is 8.04. The van der Waals surface area contributed by atoms with Gasteiger partial charge in [-0.05, 0) is 18.8 Å². The summed E-state index contributed by atoms with van der Waals surface area (Å²) < 4.78 is 5.13. The molecule has 3 nitrogen and oxygen atoms in total. The smallest absolute Gasteiger partial charge is 0.235 e. The fourth-order valence-corrected chi connectivity index (χ4v) is 1.77. The van der Waals surface area contributed by atoms with E-state index in [-0.39, 0.29) is 6.04 Å². The van der Waals surface area contributed by atoms with Crippen LogP contribution in [-0.4, -0.2) is 29.2 Å². The maximum atomic E-state index is 10.00. The van der Waals surface area contributed by atoms with Gasteiger partial charge in [-0.1, -0.05) is 13.8 Å². The summed E-state index contributed by atoms with van der Waals surface area (Å²) in [6.45, 7) is 4.93. The van der Waals surface area contributed by atoms with Gasteiger partial charge in [0.2, 0.25) is 6.08 Å². The van der Waals surface area contributed by atoms with Crippen LogP contribution in [0.2, 0.25) is 0 Å². The third-order valence-corrected chi connectivity index (χ3v) is 2.17. The Labute approximate surface area is 76.8 Å². The molecule has 0 bridgehead atoms. The number of aliphatic imine (C=N–C) groups is 1. The van der Waals surface area contributed by atoms with Crippen LogP contribution in [0.15, 0.2) is 4.99 Å². The van der Waals surface area contributed by atoms with E-state index in [0.717, 1.165) is 29.9 Å². The summed E-state index contributed by atoms with van der Waals surface area (Å²) in [6.07, 6.45) is 3.44. The normalized spacial score (nSPS) is 15.2. The lowest BCUT2D eigenvalue weighted by atomic mass is 10.0. The first-order chi connectivity index (χ1) is 5.74. The van der Waals surface area contributed by atoms with E-state index in [4.69, 9.17) is 4.43 Å². The Kier molecular flexibility index (Phi) is 6.95. The molecule has 0 spiro atoms. The number of isocyanates is 1. The molecule has 0 saturated carbocycles. The Morgan fingerprint density at radius 3 is 2.75 bits per heavy atom. The zero-order chi connectivity index (χ0) is 9.40. The van der Waals surface area contributed by atoms with E-state index < -0.39 is 0 Å². The molecule has 0 saturated heterocycles. The van der Waals surface area contributed by atoms with Crippen LogP contribution in [0.5, 0.6) is 0 Å². The lowest BCUT2D eigenvalue weighted by Crippen LogP contribution is -2.13. The van der Waals surface area contributed by atoms with Gasteiger partial charge in [0.25, 0.3) is 0 Å². The molecule has 4 heteroatoms. The van der Waals surface area contributed by atoms with Gasteiger partial charge in [-0.25, -0.2) is 9.79 Å². The van der Waals surface area contributed by atoms with Crippen molar-refractivity contribution >= 4 is 16.6 Å². The van der Waals surface area contributed by atoms with Crippen molar-refractivity contribution in [2.45, 2.75) is 32.7 Å². The van der Waals surface area contributed by atoms with Gasteiger partial charge in [0, 0.05) is 6.61 Å². The lowest BCUT2D eigenvalue weighted by Gasteiger charge is -2.13. The summed E-state index contributed by atoms with van der Waals surface area (Å²) in [5.41, 5.74) is 0.